The Hall–Kier alpha value is -1.87. The number of nitrogens with zero attached hydrogens (tertiary/aromatic N) is 1. The van der Waals surface area contributed by atoms with Crippen molar-refractivity contribution in [3.63, 3.8) is 0 Å². The van der Waals surface area contributed by atoms with E-state index in [0.717, 1.165) is 10.6 Å². The van der Waals surface area contributed by atoms with Crippen LogP contribution in [0, 0.1) is 0 Å². The van der Waals surface area contributed by atoms with Gasteiger partial charge < -0.3 is 4.42 Å². The van der Waals surface area contributed by atoms with Crippen molar-refractivity contribution in [3.05, 3.63) is 54.5 Å². The van der Waals surface area contributed by atoms with Crippen molar-refractivity contribution in [1.82, 2.24) is 0 Å². The third kappa shape index (κ3) is 1.77. The zero-order chi connectivity index (χ0) is 10.8. The predicted molar refractivity (Wildman–Crippen MR) is 67.8 cm³/mol. The lowest BCUT2D eigenvalue weighted by atomic mass is 10.3. The molecule has 0 atom stereocenters. The highest BCUT2D eigenvalue weighted by Crippen LogP contribution is 2.31. The average molecular weight is 227 g/mol. The highest BCUT2D eigenvalue weighted by molar-refractivity contribution is 7.22. The van der Waals surface area contributed by atoms with E-state index in [-0.39, 0.29) is 0 Å². The third-order valence-corrected chi connectivity index (χ3v) is 3.32. The van der Waals surface area contributed by atoms with Crippen LogP contribution in [0.1, 0.15) is 5.56 Å². The summed E-state index contributed by atoms with van der Waals surface area (Å²) in [6.07, 6.45) is 5.14. The predicted octanol–water partition coefficient (Wildman–Crippen LogP) is 4.24. The summed E-state index contributed by atoms with van der Waals surface area (Å²) in [6, 6.07) is 12.3. The summed E-state index contributed by atoms with van der Waals surface area (Å²) in [4.78, 5) is 4.42. The number of furan rings is 1. The second kappa shape index (κ2) is 3.94. The van der Waals surface area contributed by atoms with E-state index in [1.54, 1.807) is 23.9 Å². The number of aliphatic imine (C=N–C) groups is 1. The number of hydrogen-bond acceptors (Lipinski definition) is 3. The fourth-order valence-corrected chi connectivity index (χ4v) is 2.43. The minimum absolute atomic E-state index is 0.984. The molecule has 78 valence electrons. The molecule has 0 unspecified atom stereocenters. The van der Waals surface area contributed by atoms with Crippen LogP contribution in [0.15, 0.2) is 58.3 Å². The largest absolute Gasteiger partial charge is 0.472 e. The fourth-order valence-electron chi connectivity index (χ4n) is 1.52. The Balaban J connectivity index is 1.95. The zero-order valence-corrected chi connectivity index (χ0v) is 9.28. The minimum atomic E-state index is 0.984. The Bertz CT molecular complexity index is 589. The second-order valence-electron chi connectivity index (χ2n) is 3.44. The third-order valence-electron chi connectivity index (χ3n) is 2.30. The number of benzene rings is 1. The van der Waals surface area contributed by atoms with E-state index in [1.807, 2.05) is 24.4 Å². The highest BCUT2D eigenvalue weighted by atomic mass is 32.1. The Labute approximate surface area is 96.9 Å². The van der Waals surface area contributed by atoms with Gasteiger partial charge in [-0.3, -0.25) is 0 Å². The van der Waals surface area contributed by atoms with Gasteiger partial charge in [0.15, 0.2) is 0 Å². The summed E-state index contributed by atoms with van der Waals surface area (Å²) in [5.41, 5.74) is 0.984. The molecule has 0 N–H and O–H groups in total. The summed E-state index contributed by atoms with van der Waals surface area (Å²) >= 11 is 1.69. The molecule has 2 heterocycles. The van der Waals surface area contributed by atoms with Gasteiger partial charge in [-0.1, -0.05) is 18.2 Å². The Kier molecular flexibility index (Phi) is 2.31. The maximum atomic E-state index is 4.97. The summed E-state index contributed by atoms with van der Waals surface area (Å²) in [5, 5.41) is 2.26. The van der Waals surface area contributed by atoms with Crippen molar-refractivity contribution in [2.75, 3.05) is 0 Å². The fraction of sp³-hybridized carbons (Fsp3) is 0. The van der Waals surface area contributed by atoms with E-state index in [0.29, 0.717) is 0 Å². The number of thiophene rings is 1. The van der Waals surface area contributed by atoms with E-state index in [4.69, 9.17) is 4.42 Å². The van der Waals surface area contributed by atoms with Gasteiger partial charge in [0.05, 0.1) is 12.5 Å². The monoisotopic (exact) mass is 227 g/mol. The first kappa shape index (κ1) is 9.36. The Morgan fingerprint density at radius 1 is 1.19 bits per heavy atom. The van der Waals surface area contributed by atoms with Crippen LogP contribution in [0.4, 0.5) is 5.00 Å². The normalized spacial score (nSPS) is 11.5. The van der Waals surface area contributed by atoms with Crippen LogP contribution in [0.2, 0.25) is 0 Å². The first-order chi connectivity index (χ1) is 7.92. The first-order valence-electron chi connectivity index (χ1n) is 4.97. The van der Waals surface area contributed by atoms with Crippen molar-refractivity contribution < 1.29 is 4.42 Å². The molecule has 0 fully saturated rings. The molecule has 0 aliphatic heterocycles. The van der Waals surface area contributed by atoms with E-state index >= 15 is 0 Å². The maximum absolute atomic E-state index is 4.97. The number of fused-ring (bicyclic) bond motifs is 1. The van der Waals surface area contributed by atoms with Crippen LogP contribution in [0.25, 0.3) is 10.1 Å². The van der Waals surface area contributed by atoms with Gasteiger partial charge in [-0.2, -0.15) is 0 Å². The lowest BCUT2D eigenvalue weighted by Crippen LogP contribution is -1.70. The van der Waals surface area contributed by atoms with Gasteiger partial charge >= 0.3 is 0 Å². The molecule has 2 nitrogen and oxygen atoms in total. The molecule has 0 saturated heterocycles. The van der Waals surface area contributed by atoms with Gasteiger partial charge in [0, 0.05) is 16.5 Å². The van der Waals surface area contributed by atoms with Crippen LogP contribution in [-0.4, -0.2) is 6.21 Å². The van der Waals surface area contributed by atoms with Crippen molar-refractivity contribution >= 4 is 32.6 Å². The molecular weight excluding hydrogens is 218 g/mol. The Morgan fingerprint density at radius 2 is 2.12 bits per heavy atom. The van der Waals surface area contributed by atoms with Crippen molar-refractivity contribution in [2.45, 2.75) is 0 Å². The Morgan fingerprint density at radius 3 is 2.94 bits per heavy atom. The second-order valence-corrected chi connectivity index (χ2v) is 4.50. The van der Waals surface area contributed by atoms with Gasteiger partial charge in [-0.05, 0) is 23.6 Å². The van der Waals surface area contributed by atoms with Gasteiger partial charge in [0.2, 0.25) is 0 Å². The van der Waals surface area contributed by atoms with Crippen LogP contribution < -0.4 is 0 Å². The molecule has 3 aromatic rings. The van der Waals surface area contributed by atoms with Gasteiger partial charge in [-0.15, -0.1) is 11.3 Å². The highest BCUT2D eigenvalue weighted by Gasteiger charge is 1.98. The molecule has 0 bridgehead atoms. The summed E-state index contributed by atoms with van der Waals surface area (Å²) < 4.78 is 6.24. The first-order valence-corrected chi connectivity index (χ1v) is 5.78. The SMILES string of the molecule is C(=N/c1cc2ccccc2s1)/c1ccoc1. The molecule has 2 aromatic heterocycles. The molecule has 3 rings (SSSR count). The van der Waals surface area contributed by atoms with Crippen LogP contribution in [0.5, 0.6) is 0 Å². The van der Waals surface area contributed by atoms with Crippen molar-refractivity contribution in [2.24, 2.45) is 4.99 Å². The molecular formula is C13H9NOS. The number of rotatable bonds is 2. The topological polar surface area (TPSA) is 25.5 Å². The van der Waals surface area contributed by atoms with E-state index in [2.05, 4.69) is 23.2 Å². The molecule has 0 aliphatic rings. The van der Waals surface area contributed by atoms with Crippen LogP contribution in [0.3, 0.4) is 0 Å². The van der Waals surface area contributed by atoms with Gasteiger partial charge in [0.25, 0.3) is 0 Å². The van der Waals surface area contributed by atoms with Crippen molar-refractivity contribution in [3.8, 4) is 0 Å². The lowest BCUT2D eigenvalue weighted by molar-refractivity contribution is 0.567. The molecule has 0 saturated carbocycles. The van der Waals surface area contributed by atoms with Crippen LogP contribution >= 0.6 is 11.3 Å². The van der Waals surface area contributed by atoms with Gasteiger partial charge in [-0.25, -0.2) is 4.99 Å². The average Bonchev–Trinajstić information content (AvgIpc) is 2.95. The van der Waals surface area contributed by atoms with Crippen LogP contribution in [-0.2, 0) is 0 Å². The number of hydrogen-bond donors (Lipinski definition) is 0. The molecule has 0 radical (unpaired) electrons. The standard InChI is InChI=1S/C13H9NOS/c1-2-4-12-11(3-1)7-13(16-12)14-8-10-5-6-15-9-10/h1-9H/b14-8-. The zero-order valence-electron chi connectivity index (χ0n) is 8.46. The van der Waals surface area contributed by atoms with E-state index in [1.165, 1.54) is 10.1 Å². The van der Waals surface area contributed by atoms with Crippen molar-refractivity contribution in [1.29, 1.82) is 0 Å². The molecule has 3 heteroatoms. The van der Waals surface area contributed by atoms with E-state index < -0.39 is 0 Å². The minimum Gasteiger partial charge on any atom is -0.472 e. The van der Waals surface area contributed by atoms with Gasteiger partial charge in [0.1, 0.15) is 5.00 Å². The van der Waals surface area contributed by atoms with E-state index in [9.17, 15) is 0 Å². The molecule has 0 amide bonds. The maximum Gasteiger partial charge on any atom is 0.117 e. The lowest BCUT2D eigenvalue weighted by Gasteiger charge is -1.82. The summed E-state index contributed by atoms with van der Waals surface area (Å²) in [5.74, 6) is 0. The summed E-state index contributed by atoms with van der Waals surface area (Å²) in [6.45, 7) is 0. The molecule has 0 spiro atoms. The quantitative estimate of drug-likeness (QED) is 0.601. The molecule has 16 heavy (non-hydrogen) atoms. The summed E-state index contributed by atoms with van der Waals surface area (Å²) in [7, 11) is 0. The smallest absolute Gasteiger partial charge is 0.117 e. The molecule has 0 aliphatic carbocycles. The molecule has 1 aromatic carbocycles.